The lowest BCUT2D eigenvalue weighted by atomic mass is 9.77. The van der Waals surface area contributed by atoms with E-state index in [1.54, 1.807) is 7.11 Å². The lowest BCUT2D eigenvalue weighted by Gasteiger charge is -2.37. The third-order valence-electron chi connectivity index (χ3n) is 7.80. The minimum atomic E-state index is -2.01. The molecule has 0 unspecified atom stereocenters. The van der Waals surface area contributed by atoms with Crippen LogP contribution >= 0.6 is 0 Å². The van der Waals surface area contributed by atoms with Gasteiger partial charge in [0.25, 0.3) is 5.56 Å². The third-order valence-corrected chi connectivity index (χ3v) is 7.80. The average molecular weight is 572 g/mol. The summed E-state index contributed by atoms with van der Waals surface area (Å²) >= 11 is 0. The van der Waals surface area contributed by atoms with Crippen LogP contribution in [0.5, 0.6) is 5.75 Å². The van der Waals surface area contributed by atoms with E-state index in [1.165, 1.54) is 17.8 Å². The number of methoxy groups -OCH3 is 1. The number of aliphatic hydroxyl groups excluding tert-OH is 1. The number of hydrogen-bond acceptors (Lipinski definition) is 8. The number of rotatable bonds is 8. The Balaban J connectivity index is 1.55. The molecule has 0 radical (unpaired) electrons. The second-order valence-electron chi connectivity index (χ2n) is 10.4. The maximum Gasteiger partial charge on any atom is 0.280 e. The molecule has 11 heteroatoms. The molecule has 216 valence electrons. The van der Waals surface area contributed by atoms with Gasteiger partial charge in [0.15, 0.2) is 23.6 Å². The number of ether oxygens (including phenoxy) is 2. The average Bonchev–Trinajstić information content (AvgIpc) is 3.54. The van der Waals surface area contributed by atoms with Crippen LogP contribution in [0.15, 0.2) is 96.1 Å². The fourth-order valence-corrected chi connectivity index (χ4v) is 5.64. The maximum absolute atomic E-state index is 14.9. The molecule has 1 aliphatic rings. The standard InChI is InChI=1S/C31H30FN5O5/c1-30(40)25(32)23(17-38)42-28(30)37-18-33-24-26(37)34-29(35-27(24)39)36-31(19-9-5-3-6-10-19,20-11-7-4-8-12-20)21-13-15-22(41-2)16-14-21/h3-16,18,23,25,28,38,40H,17H2,1-2H3,(H2,34,35,36,39)/t23-,25-,28-,30-/m1/s1. The molecule has 0 saturated carbocycles. The smallest absolute Gasteiger partial charge is 0.280 e. The summed E-state index contributed by atoms with van der Waals surface area (Å²) in [4.78, 5) is 25.0. The van der Waals surface area contributed by atoms with Crippen LogP contribution in [-0.4, -0.2) is 61.3 Å². The van der Waals surface area contributed by atoms with E-state index in [-0.39, 0.29) is 17.1 Å². The molecule has 1 aliphatic heterocycles. The minimum absolute atomic E-state index is 0.0164. The van der Waals surface area contributed by atoms with Crippen molar-refractivity contribution in [2.24, 2.45) is 0 Å². The summed E-state index contributed by atoms with van der Waals surface area (Å²) in [5.74, 6) is 0.785. The highest BCUT2D eigenvalue weighted by molar-refractivity contribution is 5.71. The molecule has 3 heterocycles. The summed E-state index contributed by atoms with van der Waals surface area (Å²) in [5, 5.41) is 24.1. The summed E-state index contributed by atoms with van der Waals surface area (Å²) in [7, 11) is 1.60. The second kappa shape index (κ2) is 10.7. The molecule has 1 saturated heterocycles. The number of halogens is 1. The fourth-order valence-electron chi connectivity index (χ4n) is 5.64. The number of aliphatic hydroxyl groups is 2. The molecular formula is C31H30FN5O5. The number of alkyl halides is 1. The highest BCUT2D eigenvalue weighted by atomic mass is 19.1. The van der Waals surface area contributed by atoms with Crippen molar-refractivity contribution in [1.29, 1.82) is 0 Å². The highest BCUT2D eigenvalue weighted by Crippen LogP contribution is 2.42. The molecule has 4 N–H and O–H groups in total. The second-order valence-corrected chi connectivity index (χ2v) is 10.4. The minimum Gasteiger partial charge on any atom is -0.497 e. The first-order chi connectivity index (χ1) is 20.3. The molecule has 5 aromatic rings. The van der Waals surface area contributed by atoms with Crippen molar-refractivity contribution in [2.45, 2.75) is 36.6 Å². The quantitative estimate of drug-likeness (QED) is 0.208. The number of H-pyrrole nitrogens is 1. The molecule has 6 rings (SSSR count). The van der Waals surface area contributed by atoms with Crippen LogP contribution in [-0.2, 0) is 10.3 Å². The first-order valence-electron chi connectivity index (χ1n) is 13.4. The predicted octanol–water partition coefficient (Wildman–Crippen LogP) is 3.51. The normalized spacial score (nSPS) is 22.4. The van der Waals surface area contributed by atoms with Gasteiger partial charge in [0.2, 0.25) is 5.95 Å². The zero-order chi connectivity index (χ0) is 29.5. The van der Waals surface area contributed by atoms with Crippen molar-refractivity contribution in [3.8, 4) is 5.75 Å². The Labute approximate surface area is 240 Å². The number of benzene rings is 3. The molecular weight excluding hydrogens is 541 g/mol. The van der Waals surface area contributed by atoms with Crippen LogP contribution in [0.2, 0.25) is 0 Å². The number of imidazole rings is 1. The van der Waals surface area contributed by atoms with Gasteiger partial charge in [0, 0.05) is 0 Å². The molecule has 0 aliphatic carbocycles. The van der Waals surface area contributed by atoms with E-state index < -0.39 is 41.8 Å². The topological polar surface area (TPSA) is 135 Å². The summed E-state index contributed by atoms with van der Waals surface area (Å²) in [6.45, 7) is 0.648. The van der Waals surface area contributed by atoms with E-state index in [2.05, 4.69) is 15.3 Å². The molecule has 0 spiro atoms. The van der Waals surface area contributed by atoms with Crippen molar-refractivity contribution >= 4 is 17.1 Å². The predicted molar refractivity (Wildman–Crippen MR) is 154 cm³/mol. The Bertz CT molecular complexity index is 1700. The van der Waals surface area contributed by atoms with Crippen LogP contribution in [0.4, 0.5) is 10.3 Å². The number of hydrogen-bond donors (Lipinski definition) is 4. The molecule has 0 amide bonds. The van der Waals surface area contributed by atoms with E-state index in [0.717, 1.165) is 16.7 Å². The monoisotopic (exact) mass is 571 g/mol. The van der Waals surface area contributed by atoms with Crippen LogP contribution in [0.1, 0.15) is 29.8 Å². The zero-order valence-electron chi connectivity index (χ0n) is 22.9. The van der Waals surface area contributed by atoms with E-state index in [0.29, 0.717) is 5.75 Å². The molecule has 0 bridgehead atoms. The Morgan fingerprint density at radius 1 is 1.05 bits per heavy atom. The molecule has 2 aromatic heterocycles. The third kappa shape index (κ3) is 4.42. The fraction of sp³-hybridized carbons (Fsp3) is 0.258. The summed E-state index contributed by atoms with van der Waals surface area (Å²) < 4.78 is 27.3. The number of fused-ring (bicyclic) bond motifs is 1. The van der Waals surface area contributed by atoms with Crippen LogP contribution in [0, 0.1) is 0 Å². The van der Waals surface area contributed by atoms with Crippen LogP contribution in [0.25, 0.3) is 11.2 Å². The van der Waals surface area contributed by atoms with Crippen LogP contribution < -0.4 is 15.6 Å². The van der Waals surface area contributed by atoms with Gasteiger partial charge < -0.3 is 25.0 Å². The van der Waals surface area contributed by atoms with Crippen molar-refractivity contribution in [1.82, 2.24) is 19.5 Å². The maximum atomic E-state index is 14.9. The number of aromatic nitrogens is 4. The molecule has 42 heavy (non-hydrogen) atoms. The van der Waals surface area contributed by atoms with Gasteiger partial charge in [-0.05, 0) is 35.7 Å². The molecule has 4 atom stereocenters. The van der Waals surface area contributed by atoms with Gasteiger partial charge in [-0.15, -0.1) is 0 Å². The Kier molecular flexibility index (Phi) is 7.01. The van der Waals surface area contributed by atoms with E-state index in [4.69, 9.17) is 14.5 Å². The lowest BCUT2D eigenvalue weighted by Crippen LogP contribution is -2.41. The van der Waals surface area contributed by atoms with Crippen molar-refractivity contribution in [3.05, 3.63) is 118 Å². The van der Waals surface area contributed by atoms with Gasteiger partial charge in [0.05, 0.1) is 20.0 Å². The molecule has 10 nitrogen and oxygen atoms in total. The zero-order valence-corrected chi connectivity index (χ0v) is 22.9. The highest BCUT2D eigenvalue weighted by Gasteiger charge is 2.54. The SMILES string of the molecule is COc1ccc(C(Nc2nc3c(ncn3[C@@H]3O[C@H](CO)[C@@H](F)[C@@]3(C)O)c(=O)[nH]2)(c2ccccc2)c2ccccc2)cc1. The molecule has 3 aromatic carbocycles. The van der Waals surface area contributed by atoms with Gasteiger partial charge in [-0.2, -0.15) is 4.98 Å². The summed E-state index contributed by atoms with van der Waals surface area (Å²) in [5.41, 5.74) is -0.968. The first-order valence-corrected chi connectivity index (χ1v) is 13.4. The first kappa shape index (κ1) is 27.6. The van der Waals surface area contributed by atoms with Crippen molar-refractivity contribution in [2.75, 3.05) is 19.0 Å². The van der Waals surface area contributed by atoms with Gasteiger partial charge in [0.1, 0.15) is 23.0 Å². The molecule has 1 fully saturated rings. The van der Waals surface area contributed by atoms with E-state index in [1.807, 2.05) is 84.9 Å². The summed E-state index contributed by atoms with van der Waals surface area (Å²) in [6, 6.07) is 27.0. The van der Waals surface area contributed by atoms with Gasteiger partial charge in [-0.25, -0.2) is 9.37 Å². The Hall–Kier alpha value is -4.58. The van der Waals surface area contributed by atoms with Crippen molar-refractivity contribution in [3.63, 3.8) is 0 Å². The van der Waals surface area contributed by atoms with Crippen molar-refractivity contribution < 1.29 is 24.1 Å². The van der Waals surface area contributed by atoms with E-state index in [9.17, 15) is 19.4 Å². The Morgan fingerprint density at radius 2 is 1.64 bits per heavy atom. The van der Waals surface area contributed by atoms with Gasteiger partial charge >= 0.3 is 0 Å². The number of aromatic amines is 1. The lowest BCUT2D eigenvalue weighted by molar-refractivity contribution is -0.0892. The van der Waals surface area contributed by atoms with Crippen LogP contribution in [0.3, 0.4) is 0 Å². The Morgan fingerprint density at radius 3 is 2.19 bits per heavy atom. The number of nitrogens with zero attached hydrogens (tertiary/aromatic N) is 3. The van der Waals surface area contributed by atoms with Gasteiger partial charge in [-0.1, -0.05) is 72.8 Å². The van der Waals surface area contributed by atoms with Gasteiger partial charge in [-0.3, -0.25) is 14.3 Å². The number of anilines is 1. The largest absolute Gasteiger partial charge is 0.497 e. The number of nitrogens with one attached hydrogen (secondary N) is 2. The summed E-state index contributed by atoms with van der Waals surface area (Å²) in [6.07, 6.45) is -3.14. The van der Waals surface area contributed by atoms with E-state index >= 15 is 0 Å².